The van der Waals surface area contributed by atoms with Crippen molar-refractivity contribution >= 4 is 17.8 Å². The van der Waals surface area contributed by atoms with Crippen molar-refractivity contribution in [2.24, 2.45) is 5.92 Å². The minimum absolute atomic E-state index is 0.225. The molecule has 0 saturated carbocycles. The van der Waals surface area contributed by atoms with Crippen LogP contribution in [-0.4, -0.2) is 11.7 Å². The first-order valence-electron chi connectivity index (χ1n) is 3.19. The molecule has 9 heavy (non-hydrogen) atoms. The van der Waals surface area contributed by atoms with Gasteiger partial charge in [-0.05, 0) is 31.5 Å². The van der Waals surface area contributed by atoms with E-state index in [-0.39, 0.29) is 6.10 Å². The van der Waals surface area contributed by atoms with Gasteiger partial charge in [0.1, 0.15) is 0 Å². The first kappa shape index (κ1) is 8.89. The maximum Gasteiger partial charge on any atom is 0.239 e. The molecule has 0 aromatic heterocycles. The highest BCUT2D eigenvalue weighted by Gasteiger charge is 2.02. The molecule has 0 aliphatic carbocycles. The van der Waals surface area contributed by atoms with Crippen molar-refractivity contribution in [3.05, 3.63) is 0 Å². The molecule has 53 valence electrons. The molecular formula is C7H13OS. The monoisotopic (exact) mass is 145 g/mol. The van der Waals surface area contributed by atoms with Gasteiger partial charge < -0.3 is 4.74 Å². The summed E-state index contributed by atoms with van der Waals surface area (Å²) < 4.78 is 4.92. The van der Waals surface area contributed by atoms with E-state index in [4.69, 9.17) is 4.74 Å². The summed E-state index contributed by atoms with van der Waals surface area (Å²) in [5.74, 6) is 0.670. The number of rotatable bonds is 4. The van der Waals surface area contributed by atoms with E-state index in [9.17, 15) is 0 Å². The van der Waals surface area contributed by atoms with Gasteiger partial charge in [-0.15, -0.1) is 0 Å². The van der Waals surface area contributed by atoms with Crippen molar-refractivity contribution in [2.45, 2.75) is 33.3 Å². The van der Waals surface area contributed by atoms with Crippen molar-refractivity contribution in [3.8, 4) is 0 Å². The van der Waals surface area contributed by atoms with Crippen molar-refractivity contribution < 1.29 is 4.74 Å². The summed E-state index contributed by atoms with van der Waals surface area (Å²) in [4.78, 5) is 0. The highest BCUT2D eigenvalue weighted by Crippen LogP contribution is 2.05. The van der Waals surface area contributed by atoms with Crippen molar-refractivity contribution in [3.63, 3.8) is 0 Å². The quantitative estimate of drug-likeness (QED) is 0.561. The molecule has 1 atom stereocenters. The SMILES string of the molecule is CC(C)CC(C)O[C]=S. The van der Waals surface area contributed by atoms with E-state index in [1.54, 1.807) is 0 Å². The molecule has 0 aliphatic heterocycles. The second-order valence-electron chi connectivity index (χ2n) is 2.64. The van der Waals surface area contributed by atoms with Gasteiger partial charge in [0, 0.05) is 0 Å². The smallest absolute Gasteiger partial charge is 0.239 e. The molecule has 0 saturated heterocycles. The molecular weight excluding hydrogens is 132 g/mol. The van der Waals surface area contributed by atoms with Crippen LogP contribution in [0.5, 0.6) is 0 Å². The first-order valence-corrected chi connectivity index (χ1v) is 3.60. The van der Waals surface area contributed by atoms with Crippen LogP contribution in [0.4, 0.5) is 0 Å². The average molecular weight is 145 g/mol. The Kier molecular flexibility index (Phi) is 4.68. The third-order valence-corrected chi connectivity index (χ3v) is 1.15. The Morgan fingerprint density at radius 2 is 2.00 bits per heavy atom. The molecule has 0 fully saturated rings. The van der Waals surface area contributed by atoms with E-state index < -0.39 is 0 Å². The summed E-state index contributed by atoms with van der Waals surface area (Å²) in [6, 6.07) is 0. The standard InChI is InChI=1S/C7H13OS/c1-6(2)4-7(3)8-5-9/h6-7H,4H2,1-3H3. The summed E-state index contributed by atoms with van der Waals surface area (Å²) in [6.45, 7) is 6.31. The largest absolute Gasteiger partial charge is 0.477 e. The number of hydrogen-bond donors (Lipinski definition) is 0. The first-order chi connectivity index (χ1) is 4.16. The van der Waals surface area contributed by atoms with E-state index in [2.05, 4.69) is 31.6 Å². The maximum absolute atomic E-state index is 4.92. The normalized spacial score (nSPS) is 13.3. The van der Waals surface area contributed by atoms with Crippen molar-refractivity contribution in [1.82, 2.24) is 0 Å². The topological polar surface area (TPSA) is 9.23 Å². The molecule has 0 aromatic rings. The van der Waals surface area contributed by atoms with E-state index in [0.29, 0.717) is 5.92 Å². The van der Waals surface area contributed by atoms with Crippen LogP contribution in [0.15, 0.2) is 0 Å². The van der Waals surface area contributed by atoms with Crippen LogP contribution in [0.25, 0.3) is 0 Å². The Hall–Kier alpha value is -0.110. The zero-order chi connectivity index (χ0) is 7.28. The second-order valence-corrected chi connectivity index (χ2v) is 2.81. The molecule has 0 amide bonds. The number of thiocarbonyl (C=S) groups is 1. The van der Waals surface area contributed by atoms with Crippen LogP contribution in [-0.2, 0) is 4.74 Å². The van der Waals surface area contributed by atoms with Crippen LogP contribution in [0.3, 0.4) is 0 Å². The predicted octanol–water partition coefficient (Wildman–Crippen LogP) is 2.27. The van der Waals surface area contributed by atoms with E-state index in [0.717, 1.165) is 6.42 Å². The third kappa shape index (κ3) is 5.77. The van der Waals surface area contributed by atoms with Crippen LogP contribution < -0.4 is 0 Å². The zero-order valence-electron chi connectivity index (χ0n) is 6.18. The molecule has 1 radical (unpaired) electrons. The molecule has 0 spiro atoms. The van der Waals surface area contributed by atoms with E-state index in [1.807, 2.05) is 6.92 Å². The van der Waals surface area contributed by atoms with Crippen LogP contribution >= 0.6 is 12.2 Å². The van der Waals surface area contributed by atoms with E-state index >= 15 is 0 Å². The molecule has 0 aromatic carbocycles. The van der Waals surface area contributed by atoms with Gasteiger partial charge in [0.15, 0.2) is 0 Å². The fraction of sp³-hybridized carbons (Fsp3) is 0.857. The van der Waals surface area contributed by atoms with Crippen LogP contribution in [0.1, 0.15) is 27.2 Å². The van der Waals surface area contributed by atoms with Crippen LogP contribution in [0, 0.1) is 5.92 Å². The summed E-state index contributed by atoms with van der Waals surface area (Å²) in [7, 11) is 0. The summed E-state index contributed by atoms with van der Waals surface area (Å²) in [6.07, 6.45) is 1.27. The summed E-state index contributed by atoms with van der Waals surface area (Å²) in [5, 5.41) is 0. The summed E-state index contributed by atoms with van der Waals surface area (Å²) >= 11 is 4.41. The van der Waals surface area contributed by atoms with Gasteiger partial charge in [0.25, 0.3) is 0 Å². The Labute approximate surface area is 62.4 Å². The molecule has 0 N–H and O–H groups in total. The lowest BCUT2D eigenvalue weighted by Crippen LogP contribution is -2.09. The minimum atomic E-state index is 0.225. The lowest BCUT2D eigenvalue weighted by molar-refractivity contribution is 0.195. The predicted molar refractivity (Wildman–Crippen MR) is 42.6 cm³/mol. The van der Waals surface area contributed by atoms with Gasteiger partial charge in [-0.25, -0.2) is 0 Å². The fourth-order valence-corrected chi connectivity index (χ4v) is 0.958. The number of hydrogen-bond acceptors (Lipinski definition) is 2. The average Bonchev–Trinajstić information content (AvgIpc) is 1.63. The van der Waals surface area contributed by atoms with Crippen molar-refractivity contribution in [2.75, 3.05) is 0 Å². The molecule has 0 bridgehead atoms. The summed E-state index contributed by atoms with van der Waals surface area (Å²) in [5.41, 5.74) is 2.26. The van der Waals surface area contributed by atoms with Gasteiger partial charge in [-0.1, -0.05) is 13.8 Å². The minimum Gasteiger partial charge on any atom is -0.477 e. The van der Waals surface area contributed by atoms with Gasteiger partial charge in [0.2, 0.25) is 5.55 Å². The van der Waals surface area contributed by atoms with E-state index in [1.165, 1.54) is 0 Å². The van der Waals surface area contributed by atoms with Gasteiger partial charge in [-0.2, -0.15) is 0 Å². The molecule has 0 rings (SSSR count). The molecule has 1 nitrogen and oxygen atoms in total. The fourth-order valence-electron chi connectivity index (χ4n) is 0.794. The Morgan fingerprint density at radius 1 is 1.44 bits per heavy atom. The third-order valence-electron chi connectivity index (χ3n) is 1.05. The highest BCUT2D eigenvalue weighted by molar-refractivity contribution is 7.78. The molecule has 0 aliphatic rings. The van der Waals surface area contributed by atoms with Gasteiger partial charge in [-0.3, -0.25) is 0 Å². The highest BCUT2D eigenvalue weighted by atomic mass is 32.1. The van der Waals surface area contributed by atoms with Gasteiger partial charge >= 0.3 is 0 Å². The Morgan fingerprint density at radius 3 is 2.33 bits per heavy atom. The maximum atomic E-state index is 4.92. The molecule has 1 unspecified atom stereocenters. The lowest BCUT2D eigenvalue weighted by Gasteiger charge is -2.10. The molecule has 2 heteroatoms. The Balaban J connectivity index is 3.25. The Bertz CT molecular complexity index is 81.0. The molecule has 0 heterocycles. The van der Waals surface area contributed by atoms with Crippen molar-refractivity contribution in [1.29, 1.82) is 0 Å². The van der Waals surface area contributed by atoms with Gasteiger partial charge in [0.05, 0.1) is 6.10 Å². The zero-order valence-corrected chi connectivity index (χ0v) is 6.99. The second kappa shape index (κ2) is 4.74. The lowest BCUT2D eigenvalue weighted by atomic mass is 10.1. The number of ether oxygens (including phenoxy) is 1. The van der Waals surface area contributed by atoms with Crippen LogP contribution in [0.2, 0.25) is 0 Å².